The Balaban J connectivity index is 2.35. The monoisotopic (exact) mass is 390 g/mol. The van der Waals surface area contributed by atoms with Crippen LogP contribution >= 0.6 is 0 Å². The van der Waals surface area contributed by atoms with E-state index in [0.717, 1.165) is 5.56 Å². The van der Waals surface area contributed by atoms with Crippen LogP contribution in [-0.4, -0.2) is 59.4 Å². The van der Waals surface area contributed by atoms with Crippen LogP contribution in [0, 0.1) is 5.92 Å². The van der Waals surface area contributed by atoms with Crippen molar-refractivity contribution in [2.75, 3.05) is 27.8 Å². The maximum absolute atomic E-state index is 12.7. The van der Waals surface area contributed by atoms with Gasteiger partial charge in [-0.15, -0.1) is 0 Å². The molecule has 0 aliphatic rings. The van der Waals surface area contributed by atoms with Gasteiger partial charge in [-0.2, -0.15) is 0 Å². The summed E-state index contributed by atoms with van der Waals surface area (Å²) in [5.74, 6) is 0.131. The molecule has 2 amide bonds. The van der Waals surface area contributed by atoms with Gasteiger partial charge in [0.05, 0.1) is 20.1 Å². The van der Waals surface area contributed by atoms with Gasteiger partial charge < -0.3 is 29.4 Å². The van der Waals surface area contributed by atoms with E-state index in [9.17, 15) is 9.59 Å². The Morgan fingerprint density at radius 3 is 2.32 bits per heavy atom. The molecule has 2 unspecified atom stereocenters. The number of ether oxygens (including phenoxy) is 2. The zero-order chi connectivity index (χ0) is 20.8. The summed E-state index contributed by atoms with van der Waals surface area (Å²) < 4.78 is 12.5. The number of benzene rings is 1. The number of carbonyl (C=O) groups excluding carboxylic acids is 1. The van der Waals surface area contributed by atoms with Gasteiger partial charge in [0, 0.05) is 39.1 Å². The highest BCUT2D eigenvalue weighted by Gasteiger charge is 2.25. The van der Waals surface area contributed by atoms with Crippen LogP contribution in [0.3, 0.4) is 0 Å². The quantitative estimate of drug-likeness (QED) is 0.713. The van der Waals surface area contributed by atoms with Crippen molar-refractivity contribution in [3.05, 3.63) is 42.0 Å². The molecule has 2 N–H and O–H groups in total. The standard InChI is InChI=1S/C19H26N4O5/c1-12(18(24)25)11-23(3)19(26)21-16(17-20-6-7-22(17)2)13-8-14(27-4)10-15(9-13)28-5/h6-10,12,16H,11H2,1-5H3,(H,21,26)(H,24,25). The molecule has 0 bridgehead atoms. The molecule has 2 rings (SSSR count). The lowest BCUT2D eigenvalue weighted by molar-refractivity contribution is -0.141. The van der Waals surface area contributed by atoms with Crippen LogP contribution in [-0.2, 0) is 11.8 Å². The first-order valence-electron chi connectivity index (χ1n) is 8.71. The Kier molecular flexibility index (Phi) is 6.86. The van der Waals surface area contributed by atoms with Crippen LogP contribution in [0.1, 0.15) is 24.4 Å². The van der Waals surface area contributed by atoms with Crippen molar-refractivity contribution in [2.24, 2.45) is 13.0 Å². The number of nitrogens with one attached hydrogen (secondary N) is 1. The first-order chi connectivity index (χ1) is 13.3. The lowest BCUT2D eigenvalue weighted by Gasteiger charge is -2.25. The predicted octanol–water partition coefficient (Wildman–Crippen LogP) is 1.89. The van der Waals surface area contributed by atoms with Crippen molar-refractivity contribution in [1.29, 1.82) is 0 Å². The topological polar surface area (TPSA) is 106 Å². The number of aromatic nitrogens is 2. The predicted molar refractivity (Wildman–Crippen MR) is 103 cm³/mol. The number of urea groups is 1. The van der Waals surface area contributed by atoms with E-state index in [1.54, 1.807) is 63.4 Å². The van der Waals surface area contributed by atoms with Crippen LogP contribution in [0.25, 0.3) is 0 Å². The number of nitrogens with zero attached hydrogens (tertiary/aromatic N) is 3. The highest BCUT2D eigenvalue weighted by Crippen LogP contribution is 2.29. The van der Waals surface area contributed by atoms with Gasteiger partial charge in [-0.3, -0.25) is 4.79 Å². The SMILES string of the molecule is COc1cc(OC)cc(C(NC(=O)N(C)CC(C)C(=O)O)c2nccn2C)c1. The molecule has 0 saturated carbocycles. The summed E-state index contributed by atoms with van der Waals surface area (Å²) in [4.78, 5) is 29.5. The van der Waals surface area contributed by atoms with Crippen LogP contribution in [0.5, 0.6) is 11.5 Å². The Morgan fingerprint density at radius 2 is 1.86 bits per heavy atom. The fraction of sp³-hybridized carbons (Fsp3) is 0.421. The molecule has 0 spiro atoms. The minimum atomic E-state index is -0.960. The van der Waals surface area contributed by atoms with E-state index in [2.05, 4.69) is 10.3 Å². The van der Waals surface area contributed by atoms with Crippen molar-refractivity contribution in [2.45, 2.75) is 13.0 Å². The summed E-state index contributed by atoms with van der Waals surface area (Å²) in [5, 5.41) is 12.0. The Bertz CT molecular complexity index is 813. The minimum absolute atomic E-state index is 0.0793. The molecule has 2 aromatic rings. The number of carbonyl (C=O) groups is 2. The molecule has 0 radical (unpaired) electrons. The molecular formula is C19H26N4O5. The maximum Gasteiger partial charge on any atom is 0.318 e. The number of methoxy groups -OCH3 is 2. The zero-order valence-electron chi connectivity index (χ0n) is 16.7. The number of carboxylic acid groups (broad SMARTS) is 1. The molecule has 9 heteroatoms. The third kappa shape index (κ3) is 4.93. The largest absolute Gasteiger partial charge is 0.497 e. The van der Waals surface area contributed by atoms with Crippen molar-refractivity contribution in [3.63, 3.8) is 0 Å². The van der Waals surface area contributed by atoms with Gasteiger partial charge in [-0.05, 0) is 17.7 Å². The summed E-state index contributed by atoms with van der Waals surface area (Å²) in [6.07, 6.45) is 3.42. The number of rotatable bonds is 8. The molecule has 0 aliphatic heterocycles. The minimum Gasteiger partial charge on any atom is -0.497 e. The van der Waals surface area contributed by atoms with E-state index >= 15 is 0 Å². The van der Waals surface area contributed by atoms with E-state index in [-0.39, 0.29) is 6.54 Å². The molecule has 0 aliphatic carbocycles. The lowest BCUT2D eigenvalue weighted by Crippen LogP contribution is -2.43. The number of aliphatic carboxylic acids is 1. The van der Waals surface area contributed by atoms with E-state index in [0.29, 0.717) is 17.3 Å². The average molecular weight is 390 g/mol. The molecule has 0 saturated heterocycles. The van der Waals surface area contributed by atoms with Gasteiger partial charge in [0.2, 0.25) is 0 Å². The second-order valence-corrected chi connectivity index (χ2v) is 6.54. The smallest absolute Gasteiger partial charge is 0.318 e. The van der Waals surface area contributed by atoms with E-state index in [4.69, 9.17) is 14.6 Å². The maximum atomic E-state index is 12.7. The molecular weight excluding hydrogens is 364 g/mol. The van der Waals surface area contributed by atoms with E-state index in [1.807, 2.05) is 7.05 Å². The zero-order valence-corrected chi connectivity index (χ0v) is 16.7. The molecule has 28 heavy (non-hydrogen) atoms. The van der Waals surface area contributed by atoms with Crippen molar-refractivity contribution >= 4 is 12.0 Å². The third-order valence-electron chi connectivity index (χ3n) is 4.41. The fourth-order valence-electron chi connectivity index (χ4n) is 2.75. The molecule has 152 valence electrons. The Hall–Kier alpha value is -3.23. The summed E-state index contributed by atoms with van der Waals surface area (Å²) >= 11 is 0. The van der Waals surface area contributed by atoms with Crippen molar-refractivity contribution in [1.82, 2.24) is 19.8 Å². The number of carboxylic acids is 1. The van der Waals surface area contributed by atoms with Crippen LogP contribution in [0.4, 0.5) is 4.79 Å². The van der Waals surface area contributed by atoms with Crippen LogP contribution < -0.4 is 14.8 Å². The third-order valence-corrected chi connectivity index (χ3v) is 4.41. The van der Waals surface area contributed by atoms with Crippen LogP contribution in [0.2, 0.25) is 0 Å². The molecule has 9 nitrogen and oxygen atoms in total. The summed E-state index contributed by atoms with van der Waals surface area (Å²) in [6, 6.07) is 4.33. The number of hydrogen-bond donors (Lipinski definition) is 2. The highest BCUT2D eigenvalue weighted by molar-refractivity contribution is 5.76. The number of imidazole rings is 1. The van der Waals surface area contributed by atoms with Gasteiger partial charge in [0.15, 0.2) is 0 Å². The van der Waals surface area contributed by atoms with Gasteiger partial charge in [0.1, 0.15) is 23.4 Å². The fourth-order valence-corrected chi connectivity index (χ4v) is 2.75. The lowest BCUT2D eigenvalue weighted by atomic mass is 10.0. The van der Waals surface area contributed by atoms with Crippen molar-refractivity contribution < 1.29 is 24.2 Å². The van der Waals surface area contributed by atoms with Gasteiger partial charge in [0.25, 0.3) is 0 Å². The van der Waals surface area contributed by atoms with Gasteiger partial charge >= 0.3 is 12.0 Å². The number of aryl methyl sites for hydroxylation is 1. The average Bonchev–Trinajstić information content (AvgIpc) is 3.10. The summed E-state index contributed by atoms with van der Waals surface area (Å²) in [5.41, 5.74) is 0.721. The molecule has 1 aromatic carbocycles. The summed E-state index contributed by atoms with van der Waals surface area (Å²) in [6.45, 7) is 1.63. The van der Waals surface area contributed by atoms with Gasteiger partial charge in [-0.1, -0.05) is 6.92 Å². The van der Waals surface area contributed by atoms with Crippen LogP contribution in [0.15, 0.2) is 30.6 Å². The van der Waals surface area contributed by atoms with E-state index in [1.165, 1.54) is 4.90 Å². The normalized spacial score (nSPS) is 12.8. The number of hydrogen-bond acceptors (Lipinski definition) is 5. The second-order valence-electron chi connectivity index (χ2n) is 6.54. The molecule has 2 atom stereocenters. The molecule has 1 heterocycles. The Morgan fingerprint density at radius 1 is 1.25 bits per heavy atom. The Labute approximate surface area is 163 Å². The highest BCUT2D eigenvalue weighted by atomic mass is 16.5. The molecule has 0 fully saturated rings. The second kappa shape index (κ2) is 9.12. The molecule has 1 aromatic heterocycles. The summed E-state index contributed by atoms with van der Waals surface area (Å²) in [7, 11) is 6.48. The van der Waals surface area contributed by atoms with Crippen molar-refractivity contribution in [3.8, 4) is 11.5 Å². The van der Waals surface area contributed by atoms with Gasteiger partial charge in [-0.25, -0.2) is 9.78 Å². The number of amides is 2. The first kappa shape index (κ1) is 21.1. The first-order valence-corrected chi connectivity index (χ1v) is 8.71. The van der Waals surface area contributed by atoms with E-state index < -0.39 is 24.0 Å².